The highest BCUT2D eigenvalue weighted by molar-refractivity contribution is 5.96. The van der Waals surface area contributed by atoms with Crippen molar-refractivity contribution in [1.82, 2.24) is 14.9 Å². The van der Waals surface area contributed by atoms with Gasteiger partial charge in [0.15, 0.2) is 0 Å². The molecule has 2 rings (SSSR count). The molecule has 6 nitrogen and oxygen atoms in total. The lowest BCUT2D eigenvalue weighted by atomic mass is 10.1. The van der Waals surface area contributed by atoms with Gasteiger partial charge in [0.1, 0.15) is 17.8 Å². The van der Waals surface area contributed by atoms with Crippen LogP contribution >= 0.6 is 0 Å². The first-order chi connectivity index (χ1) is 9.58. The molecule has 20 heavy (non-hydrogen) atoms. The van der Waals surface area contributed by atoms with Crippen LogP contribution in [-0.4, -0.2) is 22.0 Å². The molecular formula is C14H14N4O2. The first kappa shape index (κ1) is 13.7. The highest BCUT2D eigenvalue weighted by Gasteiger charge is 2.15. The van der Waals surface area contributed by atoms with Gasteiger partial charge in [-0.2, -0.15) is 5.26 Å². The van der Waals surface area contributed by atoms with E-state index in [9.17, 15) is 9.59 Å². The summed E-state index contributed by atoms with van der Waals surface area (Å²) in [5.41, 5.74) is 1.03. The average Bonchev–Trinajstić information content (AvgIpc) is 2.45. The molecule has 0 radical (unpaired) electrons. The maximum Gasteiger partial charge on any atom is 0.257 e. The second-order valence-corrected chi connectivity index (χ2v) is 4.32. The number of fused-ring (bicyclic) bond motifs is 1. The zero-order chi connectivity index (χ0) is 14.7. The van der Waals surface area contributed by atoms with Gasteiger partial charge in [-0.15, -0.1) is 0 Å². The molecule has 0 aliphatic rings. The quantitative estimate of drug-likeness (QED) is 0.842. The minimum atomic E-state index is -0.541. The summed E-state index contributed by atoms with van der Waals surface area (Å²) in [6, 6.07) is 5.22. The Morgan fingerprint density at radius 1 is 1.50 bits per heavy atom. The summed E-state index contributed by atoms with van der Waals surface area (Å²) in [6.45, 7) is 4.21. The van der Waals surface area contributed by atoms with Crippen molar-refractivity contribution in [2.75, 3.05) is 6.54 Å². The average molecular weight is 270 g/mol. The third kappa shape index (κ3) is 2.38. The maximum atomic E-state index is 12.3. The molecular weight excluding hydrogens is 256 g/mol. The van der Waals surface area contributed by atoms with Crippen LogP contribution in [0.5, 0.6) is 0 Å². The van der Waals surface area contributed by atoms with E-state index in [0.717, 1.165) is 5.69 Å². The molecule has 0 aliphatic heterocycles. The fourth-order valence-corrected chi connectivity index (χ4v) is 1.98. The van der Waals surface area contributed by atoms with Crippen LogP contribution in [0.4, 0.5) is 0 Å². The third-order valence-electron chi connectivity index (χ3n) is 2.97. The monoisotopic (exact) mass is 270 g/mol. The first-order valence-corrected chi connectivity index (χ1v) is 6.24. The zero-order valence-electron chi connectivity index (χ0n) is 11.3. The third-order valence-corrected chi connectivity index (χ3v) is 2.97. The molecule has 0 fully saturated rings. The van der Waals surface area contributed by atoms with Crippen LogP contribution < -0.4 is 10.7 Å². The number of carbonyl (C=O) groups excluding carboxylic acids is 1. The van der Waals surface area contributed by atoms with Gasteiger partial charge in [-0.1, -0.05) is 0 Å². The Labute approximate surface area is 115 Å². The van der Waals surface area contributed by atoms with E-state index < -0.39 is 5.91 Å². The summed E-state index contributed by atoms with van der Waals surface area (Å²) in [6.07, 6.45) is 1.49. The van der Waals surface area contributed by atoms with Crippen LogP contribution in [0, 0.1) is 18.3 Å². The highest BCUT2D eigenvalue weighted by Crippen LogP contribution is 2.10. The summed E-state index contributed by atoms with van der Waals surface area (Å²) in [5.74, 6) is -0.541. The molecule has 1 amide bonds. The van der Waals surface area contributed by atoms with Crippen LogP contribution in [-0.2, 0) is 6.54 Å². The normalized spacial score (nSPS) is 10.2. The number of nitriles is 1. The molecule has 2 aromatic rings. The predicted molar refractivity (Wildman–Crippen MR) is 74.4 cm³/mol. The largest absolute Gasteiger partial charge is 0.339 e. The van der Waals surface area contributed by atoms with E-state index >= 15 is 0 Å². The van der Waals surface area contributed by atoms with Gasteiger partial charge in [-0.25, -0.2) is 4.98 Å². The lowest BCUT2D eigenvalue weighted by Crippen LogP contribution is -2.30. The molecule has 0 saturated heterocycles. The Hall–Kier alpha value is -2.68. The molecule has 0 bridgehead atoms. The number of pyridine rings is 2. The zero-order valence-corrected chi connectivity index (χ0v) is 11.3. The second kappa shape index (κ2) is 5.53. The summed E-state index contributed by atoms with van der Waals surface area (Å²) in [5, 5.41) is 11.3. The van der Waals surface area contributed by atoms with Gasteiger partial charge in [-0.3, -0.25) is 9.59 Å². The number of hydrogen-bond acceptors (Lipinski definition) is 4. The van der Waals surface area contributed by atoms with Crippen molar-refractivity contribution in [3.05, 3.63) is 39.8 Å². The Morgan fingerprint density at radius 3 is 2.90 bits per heavy atom. The number of hydrogen-bond donors (Lipinski definition) is 1. The molecule has 2 aromatic heterocycles. The van der Waals surface area contributed by atoms with E-state index in [0.29, 0.717) is 17.6 Å². The number of rotatable bonds is 3. The molecule has 0 saturated carbocycles. The number of amides is 1. The van der Waals surface area contributed by atoms with Gasteiger partial charge in [0.2, 0.25) is 5.43 Å². The molecule has 0 spiro atoms. The lowest BCUT2D eigenvalue weighted by Gasteiger charge is -2.10. The second-order valence-electron chi connectivity index (χ2n) is 4.32. The van der Waals surface area contributed by atoms with E-state index in [1.807, 2.05) is 19.9 Å². The van der Waals surface area contributed by atoms with E-state index in [4.69, 9.17) is 5.26 Å². The maximum absolute atomic E-state index is 12.3. The van der Waals surface area contributed by atoms with Crippen LogP contribution in [0.2, 0.25) is 0 Å². The SMILES string of the molecule is CCn1cc(C(=O)NCC#N)c(=O)c2ccc(C)nc21. The molecule has 0 unspecified atom stereocenters. The molecule has 102 valence electrons. The number of aromatic nitrogens is 2. The van der Waals surface area contributed by atoms with Crippen LogP contribution in [0.15, 0.2) is 23.1 Å². The van der Waals surface area contributed by atoms with Crippen molar-refractivity contribution in [3.63, 3.8) is 0 Å². The minimum Gasteiger partial charge on any atom is -0.339 e. The molecule has 1 N–H and O–H groups in total. The standard InChI is InChI=1S/C14H14N4O2/c1-3-18-8-11(14(20)16-7-6-15)12(19)10-5-4-9(2)17-13(10)18/h4-5,8H,3,7H2,1-2H3,(H,16,20). The Kier molecular flexibility index (Phi) is 3.80. The topological polar surface area (TPSA) is 87.8 Å². The van der Waals surface area contributed by atoms with Crippen LogP contribution in [0.1, 0.15) is 23.0 Å². The summed E-state index contributed by atoms with van der Waals surface area (Å²) in [7, 11) is 0. The Morgan fingerprint density at radius 2 is 2.25 bits per heavy atom. The first-order valence-electron chi connectivity index (χ1n) is 6.24. The van der Waals surface area contributed by atoms with Crippen LogP contribution in [0.25, 0.3) is 11.0 Å². The minimum absolute atomic E-state index is 0.0280. The fraction of sp³-hybridized carbons (Fsp3) is 0.286. The summed E-state index contributed by atoms with van der Waals surface area (Å²) >= 11 is 0. The number of nitrogens with zero attached hydrogens (tertiary/aromatic N) is 3. The molecule has 0 aliphatic carbocycles. The number of carbonyl (C=O) groups is 1. The molecule has 6 heteroatoms. The molecule has 0 atom stereocenters. The van der Waals surface area contributed by atoms with Crippen molar-refractivity contribution in [2.45, 2.75) is 20.4 Å². The van der Waals surface area contributed by atoms with Crippen LogP contribution in [0.3, 0.4) is 0 Å². The van der Waals surface area contributed by atoms with E-state index in [1.54, 1.807) is 16.7 Å². The van der Waals surface area contributed by atoms with Crippen molar-refractivity contribution in [1.29, 1.82) is 5.26 Å². The van der Waals surface area contributed by atoms with E-state index in [1.165, 1.54) is 6.20 Å². The van der Waals surface area contributed by atoms with Crippen molar-refractivity contribution in [3.8, 4) is 6.07 Å². The Balaban J connectivity index is 2.67. The van der Waals surface area contributed by atoms with Gasteiger partial charge in [0.05, 0.1) is 11.5 Å². The summed E-state index contributed by atoms with van der Waals surface area (Å²) < 4.78 is 1.75. The van der Waals surface area contributed by atoms with E-state index in [2.05, 4.69) is 10.3 Å². The van der Waals surface area contributed by atoms with Gasteiger partial charge >= 0.3 is 0 Å². The van der Waals surface area contributed by atoms with Gasteiger partial charge in [0, 0.05) is 18.4 Å². The smallest absolute Gasteiger partial charge is 0.257 e. The molecule has 0 aromatic carbocycles. The molecule has 2 heterocycles. The van der Waals surface area contributed by atoms with Crippen molar-refractivity contribution < 1.29 is 4.79 Å². The van der Waals surface area contributed by atoms with Gasteiger partial charge in [0.25, 0.3) is 5.91 Å². The number of aryl methyl sites for hydroxylation is 2. The predicted octanol–water partition coefficient (Wildman–Crippen LogP) is 0.978. The lowest BCUT2D eigenvalue weighted by molar-refractivity contribution is 0.0957. The fourth-order valence-electron chi connectivity index (χ4n) is 1.98. The van der Waals surface area contributed by atoms with E-state index in [-0.39, 0.29) is 17.5 Å². The Bertz CT molecular complexity index is 771. The van der Waals surface area contributed by atoms with Gasteiger partial charge in [-0.05, 0) is 26.0 Å². The van der Waals surface area contributed by atoms with Gasteiger partial charge < -0.3 is 9.88 Å². The number of nitrogens with one attached hydrogen (secondary N) is 1. The summed E-state index contributed by atoms with van der Waals surface area (Å²) in [4.78, 5) is 28.6. The van der Waals surface area contributed by atoms with Crippen molar-refractivity contribution >= 4 is 16.9 Å². The van der Waals surface area contributed by atoms with Crippen molar-refractivity contribution in [2.24, 2.45) is 0 Å². The highest BCUT2D eigenvalue weighted by atomic mass is 16.2.